The number of nitrogens with zero attached hydrogens (tertiary/aromatic N) is 1. The fraction of sp³-hybridized carbons (Fsp3) is 0.909. The van der Waals surface area contributed by atoms with Crippen LogP contribution in [0.15, 0.2) is 0 Å². The van der Waals surface area contributed by atoms with Gasteiger partial charge in [0.1, 0.15) is 0 Å². The van der Waals surface area contributed by atoms with E-state index >= 15 is 0 Å². The van der Waals surface area contributed by atoms with Gasteiger partial charge < -0.3 is 10.6 Å². The van der Waals surface area contributed by atoms with Crippen LogP contribution in [-0.2, 0) is 4.79 Å². The Kier molecular flexibility index (Phi) is 3.53. The predicted octanol–water partition coefficient (Wildman–Crippen LogP) is 1.51. The number of rotatable bonds is 2. The van der Waals surface area contributed by atoms with E-state index in [1.165, 1.54) is 0 Å². The van der Waals surface area contributed by atoms with Crippen molar-refractivity contribution in [1.29, 1.82) is 0 Å². The molecular weight excluding hydrogens is 176 g/mol. The second-order valence-electron chi connectivity index (χ2n) is 4.86. The van der Waals surface area contributed by atoms with Gasteiger partial charge in [-0.05, 0) is 33.1 Å². The van der Waals surface area contributed by atoms with E-state index in [2.05, 4.69) is 13.8 Å². The normalized spacial score (nSPS) is 26.3. The highest BCUT2D eigenvalue weighted by Crippen LogP contribution is 2.27. The van der Waals surface area contributed by atoms with Crippen LogP contribution >= 0.6 is 0 Å². The molecule has 1 aliphatic rings. The van der Waals surface area contributed by atoms with Gasteiger partial charge in [0, 0.05) is 24.5 Å². The Morgan fingerprint density at radius 1 is 1.57 bits per heavy atom. The summed E-state index contributed by atoms with van der Waals surface area (Å²) in [7, 11) is 0. The van der Waals surface area contributed by atoms with E-state index in [1.54, 1.807) is 0 Å². The zero-order chi connectivity index (χ0) is 10.8. The molecule has 82 valence electrons. The fourth-order valence-corrected chi connectivity index (χ4v) is 2.26. The van der Waals surface area contributed by atoms with Crippen molar-refractivity contribution in [2.24, 2.45) is 5.73 Å². The van der Waals surface area contributed by atoms with Crippen molar-refractivity contribution in [1.82, 2.24) is 4.90 Å². The van der Waals surface area contributed by atoms with Gasteiger partial charge in [0.05, 0.1) is 0 Å². The molecule has 1 aliphatic heterocycles. The van der Waals surface area contributed by atoms with Crippen LogP contribution in [0.3, 0.4) is 0 Å². The highest BCUT2D eigenvalue weighted by atomic mass is 16.2. The van der Waals surface area contributed by atoms with Gasteiger partial charge in [0.2, 0.25) is 5.91 Å². The van der Waals surface area contributed by atoms with Crippen LogP contribution in [0.1, 0.15) is 46.5 Å². The smallest absolute Gasteiger partial charge is 0.222 e. The monoisotopic (exact) mass is 198 g/mol. The average molecular weight is 198 g/mol. The Balaban J connectivity index is 2.64. The maximum Gasteiger partial charge on any atom is 0.222 e. The fourth-order valence-electron chi connectivity index (χ4n) is 2.26. The zero-order valence-corrected chi connectivity index (χ0v) is 9.55. The van der Waals surface area contributed by atoms with Gasteiger partial charge in [-0.2, -0.15) is 0 Å². The molecule has 0 aliphatic carbocycles. The van der Waals surface area contributed by atoms with Gasteiger partial charge in [-0.15, -0.1) is 0 Å². The molecule has 1 unspecified atom stereocenters. The van der Waals surface area contributed by atoms with Crippen LogP contribution in [0.5, 0.6) is 0 Å². The molecule has 0 bridgehead atoms. The van der Waals surface area contributed by atoms with Crippen LogP contribution in [0.4, 0.5) is 0 Å². The number of carbonyl (C=O) groups excluding carboxylic acids is 1. The first-order valence-corrected chi connectivity index (χ1v) is 5.53. The number of nitrogens with two attached hydrogens (primary N) is 1. The summed E-state index contributed by atoms with van der Waals surface area (Å²) >= 11 is 0. The van der Waals surface area contributed by atoms with Crippen molar-refractivity contribution in [3.05, 3.63) is 0 Å². The van der Waals surface area contributed by atoms with Gasteiger partial charge in [0.15, 0.2) is 0 Å². The lowest BCUT2D eigenvalue weighted by molar-refractivity contribution is -0.138. The van der Waals surface area contributed by atoms with Crippen LogP contribution < -0.4 is 5.73 Å². The van der Waals surface area contributed by atoms with Gasteiger partial charge in [-0.25, -0.2) is 0 Å². The van der Waals surface area contributed by atoms with Gasteiger partial charge in [-0.3, -0.25) is 4.79 Å². The number of amides is 1. The second-order valence-corrected chi connectivity index (χ2v) is 4.86. The third-order valence-corrected chi connectivity index (χ3v) is 2.98. The maximum absolute atomic E-state index is 11.8. The molecule has 1 amide bonds. The third kappa shape index (κ3) is 2.47. The first-order valence-electron chi connectivity index (χ1n) is 5.53. The lowest BCUT2D eigenvalue weighted by Gasteiger charge is -2.45. The quantitative estimate of drug-likeness (QED) is 0.731. The largest absolute Gasteiger partial charge is 0.337 e. The van der Waals surface area contributed by atoms with Crippen LogP contribution in [0.2, 0.25) is 0 Å². The minimum atomic E-state index is -0.0517. The Hall–Kier alpha value is -0.570. The molecule has 1 heterocycles. The number of hydrogen-bond acceptors (Lipinski definition) is 2. The number of hydrogen-bond donors (Lipinski definition) is 1. The van der Waals surface area contributed by atoms with Crippen molar-refractivity contribution in [2.75, 3.05) is 6.54 Å². The molecule has 0 aromatic heterocycles. The average Bonchev–Trinajstić information content (AvgIpc) is 2.01. The maximum atomic E-state index is 11.8. The first kappa shape index (κ1) is 11.5. The molecule has 0 radical (unpaired) electrons. The Morgan fingerprint density at radius 2 is 2.21 bits per heavy atom. The van der Waals surface area contributed by atoms with Crippen molar-refractivity contribution < 1.29 is 4.79 Å². The molecule has 0 spiro atoms. The van der Waals surface area contributed by atoms with E-state index < -0.39 is 0 Å². The molecule has 0 aromatic carbocycles. The SMILES string of the molecule is CCCC(=O)N1CCC(N)CC1(C)C. The Morgan fingerprint density at radius 3 is 2.71 bits per heavy atom. The lowest BCUT2D eigenvalue weighted by atomic mass is 9.87. The van der Waals surface area contributed by atoms with E-state index in [9.17, 15) is 4.79 Å². The standard InChI is InChI=1S/C11H22N2O/c1-4-5-10(14)13-7-6-9(12)8-11(13,2)3/h9H,4-8,12H2,1-3H3. The van der Waals surface area contributed by atoms with Gasteiger partial charge in [0.25, 0.3) is 0 Å². The van der Waals surface area contributed by atoms with Crippen LogP contribution in [0, 0.1) is 0 Å². The first-order chi connectivity index (χ1) is 6.47. The lowest BCUT2D eigenvalue weighted by Crippen LogP contribution is -2.55. The molecule has 1 rings (SSSR count). The summed E-state index contributed by atoms with van der Waals surface area (Å²) in [5.41, 5.74) is 5.86. The molecule has 3 nitrogen and oxygen atoms in total. The van der Waals surface area contributed by atoms with E-state index in [0.717, 1.165) is 25.8 Å². The van der Waals surface area contributed by atoms with Gasteiger partial charge >= 0.3 is 0 Å². The van der Waals surface area contributed by atoms with Crippen LogP contribution in [-0.4, -0.2) is 28.9 Å². The molecule has 0 saturated carbocycles. The van der Waals surface area contributed by atoms with Crippen molar-refractivity contribution in [3.8, 4) is 0 Å². The van der Waals surface area contributed by atoms with Crippen molar-refractivity contribution >= 4 is 5.91 Å². The summed E-state index contributed by atoms with van der Waals surface area (Å²) in [6.45, 7) is 7.09. The molecule has 2 N–H and O–H groups in total. The summed E-state index contributed by atoms with van der Waals surface area (Å²) in [5.74, 6) is 0.282. The summed E-state index contributed by atoms with van der Waals surface area (Å²) in [6.07, 6.45) is 3.46. The van der Waals surface area contributed by atoms with Crippen LogP contribution in [0.25, 0.3) is 0 Å². The summed E-state index contributed by atoms with van der Waals surface area (Å²) < 4.78 is 0. The van der Waals surface area contributed by atoms with Gasteiger partial charge in [-0.1, -0.05) is 6.92 Å². The van der Waals surface area contributed by atoms with Crippen molar-refractivity contribution in [2.45, 2.75) is 58.0 Å². The van der Waals surface area contributed by atoms with E-state index in [-0.39, 0.29) is 17.5 Å². The Labute approximate surface area is 86.6 Å². The second kappa shape index (κ2) is 4.30. The Bertz CT molecular complexity index is 213. The highest BCUT2D eigenvalue weighted by molar-refractivity contribution is 5.77. The summed E-state index contributed by atoms with van der Waals surface area (Å²) in [6, 6.07) is 0.260. The predicted molar refractivity (Wildman–Crippen MR) is 57.9 cm³/mol. The molecule has 14 heavy (non-hydrogen) atoms. The molecule has 0 aromatic rings. The molecule has 1 saturated heterocycles. The van der Waals surface area contributed by atoms with Crippen molar-refractivity contribution in [3.63, 3.8) is 0 Å². The number of piperidine rings is 1. The molecular formula is C11H22N2O. The van der Waals surface area contributed by atoms with E-state index in [4.69, 9.17) is 5.73 Å². The number of likely N-dealkylation sites (tertiary alicyclic amines) is 1. The zero-order valence-electron chi connectivity index (χ0n) is 9.55. The summed E-state index contributed by atoms with van der Waals surface area (Å²) in [4.78, 5) is 13.8. The topological polar surface area (TPSA) is 46.3 Å². The third-order valence-electron chi connectivity index (χ3n) is 2.98. The minimum Gasteiger partial charge on any atom is -0.337 e. The summed E-state index contributed by atoms with van der Waals surface area (Å²) in [5, 5.41) is 0. The number of carbonyl (C=O) groups is 1. The van der Waals surface area contributed by atoms with E-state index in [1.807, 2.05) is 11.8 Å². The van der Waals surface area contributed by atoms with E-state index in [0.29, 0.717) is 6.42 Å². The molecule has 1 atom stereocenters. The minimum absolute atomic E-state index is 0.0517. The molecule has 1 fully saturated rings. The molecule has 3 heteroatoms. The highest BCUT2D eigenvalue weighted by Gasteiger charge is 2.35.